The van der Waals surface area contributed by atoms with Crippen LogP contribution in [0.25, 0.3) is 0 Å². The van der Waals surface area contributed by atoms with E-state index in [1.54, 1.807) is 5.56 Å². The molecule has 0 saturated heterocycles. The van der Waals surface area contributed by atoms with Crippen LogP contribution < -0.4 is 4.90 Å². The van der Waals surface area contributed by atoms with Crippen LogP contribution in [-0.2, 0) is 0 Å². The molecule has 1 aromatic carbocycles. The summed E-state index contributed by atoms with van der Waals surface area (Å²) in [5.41, 5.74) is 4.36. The second-order valence-corrected chi connectivity index (χ2v) is 6.13. The Labute approximate surface area is 125 Å². The monoisotopic (exact) mass is 439 g/mol. The summed E-state index contributed by atoms with van der Waals surface area (Å²) >= 11 is 4.99. The predicted molar refractivity (Wildman–Crippen MR) is 87.9 cm³/mol. The van der Waals surface area contributed by atoms with Gasteiger partial charge in [-0.3, -0.25) is 0 Å². The van der Waals surface area contributed by atoms with Crippen molar-refractivity contribution in [2.75, 3.05) is 22.4 Å². The Balaban J connectivity index is 2.48. The van der Waals surface area contributed by atoms with Crippen LogP contribution in [0.5, 0.6) is 0 Å². The Morgan fingerprint density at radius 1 is 1.56 bits per heavy atom. The van der Waals surface area contributed by atoms with Gasteiger partial charge in [0.15, 0.2) is 0 Å². The van der Waals surface area contributed by atoms with Crippen LogP contribution in [0.3, 0.4) is 0 Å². The van der Waals surface area contributed by atoms with Gasteiger partial charge < -0.3 is 4.90 Å². The molecule has 0 aromatic heterocycles. The summed E-state index contributed by atoms with van der Waals surface area (Å²) < 4.78 is 2.64. The quantitative estimate of drug-likeness (QED) is 0.389. The third-order valence-corrected chi connectivity index (χ3v) is 5.57. The summed E-state index contributed by atoms with van der Waals surface area (Å²) in [5.74, 6) is 0.683. The van der Waals surface area contributed by atoms with E-state index in [0.29, 0.717) is 5.92 Å². The fourth-order valence-corrected chi connectivity index (χ4v) is 3.88. The summed E-state index contributed by atoms with van der Waals surface area (Å²) in [4.78, 5) is 2.44. The normalized spacial score (nSPS) is 18.7. The van der Waals surface area contributed by atoms with Crippen molar-refractivity contribution in [1.82, 2.24) is 0 Å². The Kier molecular flexibility index (Phi) is 4.15. The fraction of sp³-hybridized carbons (Fsp3) is 0.385. The molecule has 1 heterocycles. The van der Waals surface area contributed by atoms with E-state index in [9.17, 15) is 0 Å². The zero-order valence-corrected chi connectivity index (χ0v) is 13.7. The highest BCUT2D eigenvalue weighted by molar-refractivity contribution is 14.1. The minimum atomic E-state index is 0.683. The van der Waals surface area contributed by atoms with Gasteiger partial charge in [0, 0.05) is 32.7 Å². The van der Waals surface area contributed by atoms with E-state index in [2.05, 4.69) is 75.7 Å². The molecule has 3 heteroatoms. The van der Waals surface area contributed by atoms with E-state index in [1.807, 2.05) is 6.08 Å². The van der Waals surface area contributed by atoms with Crippen LogP contribution in [0.4, 0.5) is 5.69 Å². The number of rotatable bonds is 3. The first-order valence-corrected chi connectivity index (χ1v) is 8.00. The summed E-state index contributed by atoms with van der Waals surface area (Å²) in [7, 11) is 0. The topological polar surface area (TPSA) is 3.24 Å². The van der Waals surface area contributed by atoms with Gasteiger partial charge in [-0.1, -0.05) is 34.7 Å². The van der Waals surface area contributed by atoms with Gasteiger partial charge in [0.25, 0.3) is 0 Å². The second kappa shape index (κ2) is 5.25. The number of benzene rings is 1. The SMILES string of the molecule is C=CCN1CC(CI)c2c1ccc(C)c2I. The molecule has 0 radical (unpaired) electrons. The first kappa shape index (κ1) is 12.7. The molecule has 1 aliphatic rings. The maximum atomic E-state index is 3.84. The van der Waals surface area contributed by atoms with Crippen LogP contribution in [0.15, 0.2) is 24.8 Å². The smallest absolute Gasteiger partial charge is 0.0416 e. The Bertz CT molecular complexity index is 415. The lowest BCUT2D eigenvalue weighted by molar-refractivity contribution is 0.792. The molecule has 1 aromatic rings. The van der Waals surface area contributed by atoms with Crippen molar-refractivity contribution in [3.63, 3.8) is 0 Å². The van der Waals surface area contributed by atoms with Crippen LogP contribution in [0, 0.1) is 10.5 Å². The maximum absolute atomic E-state index is 3.84. The number of nitrogens with zero attached hydrogens (tertiary/aromatic N) is 1. The zero-order valence-electron chi connectivity index (χ0n) is 9.34. The highest BCUT2D eigenvalue weighted by atomic mass is 127. The average Bonchev–Trinajstić information content (AvgIpc) is 2.63. The standard InChI is InChI=1S/C13H15I2N/c1-3-6-16-8-10(7-14)12-11(16)5-4-9(2)13(12)15/h3-5,10H,1,6-8H2,2H3. The molecule has 0 aliphatic carbocycles. The molecule has 86 valence electrons. The van der Waals surface area contributed by atoms with E-state index in [-0.39, 0.29) is 0 Å². The number of fused-ring (bicyclic) bond motifs is 1. The van der Waals surface area contributed by atoms with Gasteiger partial charge in [-0.25, -0.2) is 0 Å². The number of hydrogen-bond acceptors (Lipinski definition) is 1. The fourth-order valence-electron chi connectivity index (χ4n) is 2.27. The zero-order chi connectivity index (χ0) is 11.7. The number of anilines is 1. The van der Waals surface area contributed by atoms with Crippen LogP contribution in [0.1, 0.15) is 17.0 Å². The Morgan fingerprint density at radius 2 is 2.31 bits per heavy atom. The van der Waals surface area contributed by atoms with E-state index >= 15 is 0 Å². The largest absolute Gasteiger partial charge is 0.367 e. The molecule has 2 rings (SSSR count). The number of alkyl halides is 1. The molecule has 0 N–H and O–H groups in total. The molecule has 1 aliphatic heterocycles. The van der Waals surface area contributed by atoms with Crippen LogP contribution in [0.2, 0.25) is 0 Å². The maximum Gasteiger partial charge on any atom is 0.0416 e. The molecular formula is C13H15I2N. The molecular weight excluding hydrogens is 424 g/mol. The van der Waals surface area contributed by atoms with Crippen molar-refractivity contribution < 1.29 is 0 Å². The molecule has 0 saturated carbocycles. The first-order valence-electron chi connectivity index (χ1n) is 5.39. The van der Waals surface area contributed by atoms with Gasteiger partial charge in [0.2, 0.25) is 0 Å². The van der Waals surface area contributed by atoms with Crippen molar-refractivity contribution in [1.29, 1.82) is 0 Å². The first-order chi connectivity index (χ1) is 7.69. The minimum absolute atomic E-state index is 0.683. The van der Waals surface area contributed by atoms with Crippen LogP contribution >= 0.6 is 45.2 Å². The molecule has 16 heavy (non-hydrogen) atoms. The lowest BCUT2D eigenvalue weighted by Gasteiger charge is -2.17. The minimum Gasteiger partial charge on any atom is -0.367 e. The molecule has 1 nitrogen and oxygen atoms in total. The van der Waals surface area contributed by atoms with E-state index in [0.717, 1.165) is 13.1 Å². The molecule has 1 unspecified atom stereocenters. The van der Waals surface area contributed by atoms with Gasteiger partial charge in [-0.2, -0.15) is 0 Å². The summed E-state index contributed by atoms with van der Waals surface area (Å²) in [5, 5.41) is 0. The second-order valence-electron chi connectivity index (χ2n) is 4.17. The number of halogens is 2. The number of hydrogen-bond donors (Lipinski definition) is 0. The van der Waals surface area contributed by atoms with Gasteiger partial charge in [-0.15, -0.1) is 6.58 Å². The third kappa shape index (κ3) is 2.12. The highest BCUT2D eigenvalue weighted by Crippen LogP contribution is 2.41. The van der Waals surface area contributed by atoms with E-state index in [4.69, 9.17) is 0 Å². The Morgan fingerprint density at radius 3 is 2.94 bits per heavy atom. The summed E-state index contributed by atoms with van der Waals surface area (Å²) in [6.45, 7) is 8.14. The van der Waals surface area contributed by atoms with Crippen molar-refractivity contribution in [2.45, 2.75) is 12.8 Å². The third-order valence-electron chi connectivity index (χ3n) is 3.08. The summed E-state index contributed by atoms with van der Waals surface area (Å²) in [6.07, 6.45) is 1.99. The Hall–Kier alpha value is 0.220. The molecule has 0 amide bonds. The van der Waals surface area contributed by atoms with Gasteiger partial charge >= 0.3 is 0 Å². The number of aryl methyl sites for hydroxylation is 1. The van der Waals surface area contributed by atoms with E-state index < -0.39 is 0 Å². The average molecular weight is 439 g/mol. The van der Waals surface area contributed by atoms with Crippen molar-refractivity contribution in [3.8, 4) is 0 Å². The molecule has 0 fully saturated rings. The van der Waals surface area contributed by atoms with E-state index in [1.165, 1.54) is 19.2 Å². The highest BCUT2D eigenvalue weighted by Gasteiger charge is 2.29. The predicted octanol–water partition coefficient (Wildman–Crippen LogP) is 4.12. The van der Waals surface area contributed by atoms with Crippen molar-refractivity contribution in [2.24, 2.45) is 0 Å². The molecule has 1 atom stereocenters. The lowest BCUT2D eigenvalue weighted by atomic mass is 10.0. The van der Waals surface area contributed by atoms with Gasteiger partial charge in [0.05, 0.1) is 0 Å². The van der Waals surface area contributed by atoms with Gasteiger partial charge in [0.1, 0.15) is 0 Å². The van der Waals surface area contributed by atoms with Crippen molar-refractivity contribution >= 4 is 50.9 Å². The van der Waals surface area contributed by atoms with Crippen molar-refractivity contribution in [3.05, 3.63) is 39.5 Å². The molecule has 0 bridgehead atoms. The van der Waals surface area contributed by atoms with Gasteiger partial charge in [-0.05, 0) is 46.7 Å². The summed E-state index contributed by atoms with van der Waals surface area (Å²) in [6, 6.07) is 4.49. The lowest BCUT2D eigenvalue weighted by Crippen LogP contribution is -2.21. The van der Waals surface area contributed by atoms with Crippen LogP contribution in [-0.4, -0.2) is 17.5 Å². The molecule has 0 spiro atoms.